The second-order valence-electron chi connectivity index (χ2n) is 8.62. The lowest BCUT2D eigenvalue weighted by atomic mass is 9.84. The highest BCUT2D eigenvalue weighted by molar-refractivity contribution is 5.99. The van der Waals surface area contributed by atoms with Crippen LogP contribution in [-0.4, -0.2) is 39.7 Å². The summed E-state index contributed by atoms with van der Waals surface area (Å²) in [6.07, 6.45) is 5.61. The summed E-state index contributed by atoms with van der Waals surface area (Å²) < 4.78 is 1.75. The fourth-order valence-corrected chi connectivity index (χ4v) is 4.12. The van der Waals surface area contributed by atoms with Crippen LogP contribution in [0.4, 0.5) is 5.69 Å². The quantitative estimate of drug-likeness (QED) is 0.834. The highest BCUT2D eigenvalue weighted by Crippen LogP contribution is 2.31. The predicted octanol–water partition coefficient (Wildman–Crippen LogP) is 2.88. The van der Waals surface area contributed by atoms with E-state index in [2.05, 4.69) is 49.0 Å². The van der Waals surface area contributed by atoms with Crippen molar-refractivity contribution in [2.75, 3.05) is 18.0 Å². The van der Waals surface area contributed by atoms with E-state index in [1.54, 1.807) is 10.9 Å². The minimum atomic E-state index is -0.0124. The predicted molar refractivity (Wildman–Crippen MR) is 103 cm³/mol. The Balaban J connectivity index is 1.53. The number of aromatic nitrogens is 2. The highest BCUT2D eigenvalue weighted by Gasteiger charge is 2.38. The van der Waals surface area contributed by atoms with E-state index in [9.17, 15) is 4.79 Å². The molecule has 1 aromatic carbocycles. The minimum absolute atomic E-state index is 0.0124. The molecule has 0 spiro atoms. The summed E-state index contributed by atoms with van der Waals surface area (Å²) >= 11 is 0. The molecule has 3 heterocycles. The molecule has 138 valence electrons. The van der Waals surface area contributed by atoms with Crippen molar-refractivity contribution in [3.63, 3.8) is 0 Å². The van der Waals surface area contributed by atoms with Crippen LogP contribution in [0.1, 0.15) is 43.9 Å². The third kappa shape index (κ3) is 3.05. The Morgan fingerprint density at radius 3 is 2.65 bits per heavy atom. The third-order valence-corrected chi connectivity index (χ3v) is 5.74. The Labute approximate surface area is 155 Å². The Morgan fingerprint density at radius 2 is 1.96 bits per heavy atom. The maximum atomic E-state index is 13.0. The van der Waals surface area contributed by atoms with Crippen LogP contribution in [0.15, 0.2) is 30.6 Å². The molecule has 0 saturated carbocycles. The summed E-state index contributed by atoms with van der Waals surface area (Å²) in [5.74, 6) is 0.216. The van der Waals surface area contributed by atoms with E-state index in [1.165, 1.54) is 16.7 Å². The largest absolute Gasteiger partial charge is 0.308 e. The van der Waals surface area contributed by atoms with Gasteiger partial charge in [-0.1, -0.05) is 39.0 Å². The first-order valence-corrected chi connectivity index (χ1v) is 9.49. The van der Waals surface area contributed by atoms with E-state index >= 15 is 0 Å². The van der Waals surface area contributed by atoms with Crippen LogP contribution in [0, 0.1) is 0 Å². The van der Waals surface area contributed by atoms with Crippen molar-refractivity contribution in [3.05, 3.63) is 47.3 Å². The van der Waals surface area contributed by atoms with Gasteiger partial charge in [0.2, 0.25) is 5.91 Å². The van der Waals surface area contributed by atoms with Gasteiger partial charge >= 0.3 is 0 Å². The molecule has 1 fully saturated rings. The first kappa shape index (κ1) is 17.3. The average Bonchev–Trinajstić information content (AvgIpc) is 3.18. The molecule has 0 N–H and O–H groups in total. The lowest BCUT2D eigenvalue weighted by molar-refractivity contribution is -0.122. The normalized spacial score (nSPS) is 21.3. The zero-order chi connectivity index (χ0) is 18.5. The fourth-order valence-electron chi connectivity index (χ4n) is 4.12. The van der Waals surface area contributed by atoms with E-state index in [4.69, 9.17) is 0 Å². The van der Waals surface area contributed by atoms with Gasteiger partial charge in [0.1, 0.15) is 0 Å². The third-order valence-electron chi connectivity index (χ3n) is 5.74. The summed E-state index contributed by atoms with van der Waals surface area (Å²) in [7, 11) is 1.88. The number of hydrogen-bond acceptors (Lipinski definition) is 3. The number of carbonyl (C=O) groups excluding carboxylic acids is 1. The zero-order valence-electron chi connectivity index (χ0n) is 16.2. The lowest BCUT2D eigenvalue weighted by Gasteiger charge is -2.33. The van der Waals surface area contributed by atoms with Gasteiger partial charge in [0.25, 0.3) is 0 Å². The van der Waals surface area contributed by atoms with Crippen LogP contribution in [0.5, 0.6) is 0 Å². The number of aryl methyl sites for hydroxylation is 1. The molecular weight excluding hydrogens is 324 g/mol. The molecule has 5 heteroatoms. The zero-order valence-corrected chi connectivity index (χ0v) is 16.2. The van der Waals surface area contributed by atoms with Gasteiger partial charge < -0.3 is 4.90 Å². The highest BCUT2D eigenvalue weighted by atomic mass is 16.2. The van der Waals surface area contributed by atoms with Crippen molar-refractivity contribution >= 4 is 11.6 Å². The molecule has 2 aliphatic heterocycles. The van der Waals surface area contributed by atoms with Crippen molar-refractivity contribution in [3.8, 4) is 0 Å². The van der Waals surface area contributed by atoms with Crippen LogP contribution >= 0.6 is 0 Å². The van der Waals surface area contributed by atoms with Gasteiger partial charge in [-0.15, -0.1) is 0 Å². The van der Waals surface area contributed by atoms with E-state index in [0.29, 0.717) is 0 Å². The van der Waals surface area contributed by atoms with Crippen LogP contribution in [0.3, 0.4) is 0 Å². The Bertz CT molecular complexity index is 833. The summed E-state index contributed by atoms with van der Waals surface area (Å²) in [5.41, 5.74) is 5.25. The Kier molecular flexibility index (Phi) is 4.14. The van der Waals surface area contributed by atoms with Crippen molar-refractivity contribution in [1.29, 1.82) is 0 Å². The van der Waals surface area contributed by atoms with Crippen molar-refractivity contribution < 1.29 is 4.79 Å². The minimum Gasteiger partial charge on any atom is -0.308 e. The number of nitrogens with zero attached hydrogens (tertiary/aromatic N) is 4. The van der Waals surface area contributed by atoms with Crippen LogP contribution in [-0.2, 0) is 30.2 Å². The van der Waals surface area contributed by atoms with Gasteiger partial charge in [-0.05, 0) is 34.9 Å². The van der Waals surface area contributed by atoms with Gasteiger partial charge in [0.05, 0.1) is 17.9 Å². The molecule has 2 aromatic rings. The molecule has 5 nitrogen and oxygen atoms in total. The van der Waals surface area contributed by atoms with Gasteiger partial charge in [-0.2, -0.15) is 5.10 Å². The number of anilines is 1. The molecule has 1 atom stereocenters. The van der Waals surface area contributed by atoms with E-state index in [-0.39, 0.29) is 17.4 Å². The molecule has 0 aliphatic carbocycles. The summed E-state index contributed by atoms with van der Waals surface area (Å²) in [6, 6.07) is 6.88. The van der Waals surface area contributed by atoms with E-state index in [0.717, 1.165) is 38.2 Å². The van der Waals surface area contributed by atoms with Crippen LogP contribution < -0.4 is 4.90 Å². The first-order chi connectivity index (χ1) is 12.3. The standard InChI is InChI=1S/C21H28N4O/c1-21(2,3)17-6-5-15-7-9-24(13-16(15)11-17)19-8-10-25(20(19)26)18-12-22-23(4)14-18/h5-6,11-12,14,19H,7-10,13H2,1-4H3/t19-/m1/s1. The van der Waals surface area contributed by atoms with E-state index in [1.807, 2.05) is 18.1 Å². The number of carbonyl (C=O) groups is 1. The molecule has 1 amide bonds. The molecular formula is C21H28N4O. The lowest BCUT2D eigenvalue weighted by Crippen LogP contribution is -2.44. The van der Waals surface area contributed by atoms with Crippen molar-refractivity contribution in [2.24, 2.45) is 7.05 Å². The number of benzene rings is 1. The van der Waals surface area contributed by atoms with Crippen LogP contribution in [0.2, 0.25) is 0 Å². The summed E-state index contributed by atoms with van der Waals surface area (Å²) in [5, 5.41) is 4.20. The number of amides is 1. The smallest absolute Gasteiger partial charge is 0.244 e. The van der Waals surface area contributed by atoms with Gasteiger partial charge in [0.15, 0.2) is 0 Å². The van der Waals surface area contributed by atoms with Crippen molar-refractivity contribution in [2.45, 2.75) is 51.6 Å². The fraction of sp³-hybridized carbons (Fsp3) is 0.524. The molecule has 0 radical (unpaired) electrons. The average molecular weight is 352 g/mol. The van der Waals surface area contributed by atoms with E-state index < -0.39 is 0 Å². The Hall–Kier alpha value is -2.14. The van der Waals surface area contributed by atoms with Crippen LogP contribution in [0.25, 0.3) is 0 Å². The second kappa shape index (κ2) is 6.23. The van der Waals surface area contributed by atoms with Gasteiger partial charge in [0, 0.05) is 32.9 Å². The first-order valence-electron chi connectivity index (χ1n) is 9.49. The molecule has 4 rings (SSSR count). The summed E-state index contributed by atoms with van der Waals surface area (Å²) in [6.45, 7) is 9.36. The number of fused-ring (bicyclic) bond motifs is 1. The molecule has 1 saturated heterocycles. The molecule has 26 heavy (non-hydrogen) atoms. The maximum absolute atomic E-state index is 13.0. The molecule has 0 unspecified atom stereocenters. The number of rotatable bonds is 2. The Morgan fingerprint density at radius 1 is 1.15 bits per heavy atom. The topological polar surface area (TPSA) is 41.4 Å². The maximum Gasteiger partial charge on any atom is 0.244 e. The summed E-state index contributed by atoms with van der Waals surface area (Å²) in [4.78, 5) is 17.3. The molecule has 2 aliphatic rings. The molecule has 1 aromatic heterocycles. The molecule has 0 bridgehead atoms. The monoisotopic (exact) mass is 352 g/mol. The van der Waals surface area contributed by atoms with Crippen molar-refractivity contribution in [1.82, 2.24) is 14.7 Å². The number of hydrogen-bond donors (Lipinski definition) is 0. The van der Waals surface area contributed by atoms with Gasteiger partial charge in [-0.25, -0.2) is 0 Å². The SMILES string of the molecule is Cn1cc(N2CC[C@@H](N3CCc4ccc(C(C)(C)C)cc4C3)C2=O)cn1. The second-order valence-corrected chi connectivity index (χ2v) is 8.62. The van der Waals surface area contributed by atoms with Gasteiger partial charge in [-0.3, -0.25) is 14.4 Å².